The number of rotatable bonds is 5. The molecule has 1 N–H and O–H groups in total. The number of halogens is 1. The van der Waals surface area contributed by atoms with Crippen molar-refractivity contribution in [2.24, 2.45) is 5.92 Å². The molecule has 0 spiro atoms. The molecule has 0 radical (unpaired) electrons. The van der Waals surface area contributed by atoms with Crippen molar-refractivity contribution in [1.29, 1.82) is 0 Å². The molecule has 10 heteroatoms. The van der Waals surface area contributed by atoms with Crippen LogP contribution in [0.5, 0.6) is 0 Å². The van der Waals surface area contributed by atoms with Crippen molar-refractivity contribution in [3.63, 3.8) is 0 Å². The molecule has 2 heterocycles. The number of hydrogen-bond donors (Lipinski definition) is 1. The van der Waals surface area contributed by atoms with E-state index in [0.29, 0.717) is 18.9 Å². The molecule has 2 aliphatic heterocycles. The molecule has 0 bridgehead atoms. The van der Waals surface area contributed by atoms with Crippen molar-refractivity contribution in [3.8, 4) is 0 Å². The summed E-state index contributed by atoms with van der Waals surface area (Å²) >= 11 is 6.18. The van der Waals surface area contributed by atoms with Gasteiger partial charge in [0.25, 0.3) is 0 Å². The number of carbonyl (C=O) groups excluding carboxylic acids is 2. The highest BCUT2D eigenvalue weighted by Crippen LogP contribution is 2.30. The fraction of sp³-hybridized carbons (Fsp3) is 0.364. The normalized spacial score (nSPS) is 19.9. The molecule has 170 valence electrons. The smallest absolute Gasteiger partial charge is 0.244 e. The van der Waals surface area contributed by atoms with Crippen LogP contribution >= 0.6 is 11.6 Å². The van der Waals surface area contributed by atoms with Crippen molar-refractivity contribution in [2.75, 3.05) is 43.1 Å². The van der Waals surface area contributed by atoms with Gasteiger partial charge in [0.05, 0.1) is 24.2 Å². The van der Waals surface area contributed by atoms with Crippen molar-refractivity contribution < 1.29 is 22.7 Å². The van der Waals surface area contributed by atoms with Crippen molar-refractivity contribution in [3.05, 3.63) is 53.1 Å². The lowest BCUT2D eigenvalue weighted by atomic mass is 10.1. The molecular formula is C22H24ClN3O5S. The summed E-state index contributed by atoms with van der Waals surface area (Å²) in [6.45, 7) is 3.36. The maximum Gasteiger partial charge on any atom is 0.244 e. The predicted octanol–water partition coefficient (Wildman–Crippen LogP) is 2.66. The lowest BCUT2D eigenvalue weighted by molar-refractivity contribution is -0.122. The Morgan fingerprint density at radius 3 is 2.50 bits per heavy atom. The average molecular weight is 478 g/mol. The predicted molar refractivity (Wildman–Crippen MR) is 121 cm³/mol. The number of carbonyl (C=O) groups is 2. The van der Waals surface area contributed by atoms with E-state index in [1.807, 2.05) is 31.2 Å². The third kappa shape index (κ3) is 4.66. The molecule has 4 rings (SSSR count). The van der Waals surface area contributed by atoms with E-state index in [1.54, 1.807) is 11.0 Å². The van der Waals surface area contributed by atoms with Crippen LogP contribution in [0, 0.1) is 12.8 Å². The zero-order chi connectivity index (χ0) is 22.9. The number of amides is 2. The monoisotopic (exact) mass is 477 g/mol. The number of morpholine rings is 1. The van der Waals surface area contributed by atoms with E-state index in [4.69, 9.17) is 16.3 Å². The van der Waals surface area contributed by atoms with Crippen LogP contribution in [-0.4, -0.2) is 57.4 Å². The second-order valence-corrected chi connectivity index (χ2v) is 10.2. The van der Waals surface area contributed by atoms with E-state index < -0.39 is 15.9 Å². The van der Waals surface area contributed by atoms with Crippen LogP contribution in [-0.2, 0) is 24.3 Å². The Hall–Kier alpha value is -2.46. The minimum Gasteiger partial charge on any atom is -0.379 e. The van der Waals surface area contributed by atoms with Crippen molar-refractivity contribution in [1.82, 2.24) is 4.31 Å². The molecule has 2 aliphatic rings. The Morgan fingerprint density at radius 1 is 1.12 bits per heavy atom. The Bertz CT molecular complexity index is 1130. The van der Waals surface area contributed by atoms with E-state index in [9.17, 15) is 18.0 Å². The first-order valence-corrected chi connectivity index (χ1v) is 12.1. The first-order chi connectivity index (χ1) is 15.3. The number of hydrogen-bond acceptors (Lipinski definition) is 5. The van der Waals surface area contributed by atoms with E-state index in [-0.39, 0.29) is 47.8 Å². The molecule has 0 aromatic heterocycles. The Balaban J connectivity index is 1.48. The fourth-order valence-corrected chi connectivity index (χ4v) is 5.71. The number of nitrogens with one attached hydrogen (secondary N) is 1. The largest absolute Gasteiger partial charge is 0.379 e. The van der Waals surface area contributed by atoms with E-state index in [0.717, 1.165) is 11.3 Å². The topological polar surface area (TPSA) is 96.0 Å². The van der Waals surface area contributed by atoms with E-state index in [2.05, 4.69) is 5.32 Å². The highest BCUT2D eigenvalue weighted by Gasteiger charge is 2.35. The molecule has 2 aromatic carbocycles. The molecule has 0 saturated carbocycles. The summed E-state index contributed by atoms with van der Waals surface area (Å²) in [6.07, 6.45) is 0.0895. The van der Waals surface area contributed by atoms with Crippen LogP contribution in [0.4, 0.5) is 11.4 Å². The molecule has 2 saturated heterocycles. The van der Waals surface area contributed by atoms with E-state index in [1.165, 1.54) is 16.4 Å². The Morgan fingerprint density at radius 2 is 1.81 bits per heavy atom. The zero-order valence-electron chi connectivity index (χ0n) is 17.6. The van der Waals surface area contributed by atoms with Crippen molar-refractivity contribution in [2.45, 2.75) is 18.2 Å². The second kappa shape index (κ2) is 9.19. The number of sulfonamides is 1. The van der Waals surface area contributed by atoms with E-state index >= 15 is 0 Å². The molecule has 2 amide bonds. The van der Waals surface area contributed by atoms with Gasteiger partial charge in [0.1, 0.15) is 4.90 Å². The van der Waals surface area contributed by atoms with Crippen LogP contribution in [0.1, 0.15) is 12.0 Å². The minimum absolute atomic E-state index is 0.0670. The second-order valence-electron chi connectivity index (χ2n) is 7.89. The Kier molecular flexibility index (Phi) is 6.52. The first-order valence-electron chi connectivity index (χ1n) is 10.3. The van der Waals surface area contributed by atoms with Crippen LogP contribution < -0.4 is 10.2 Å². The van der Waals surface area contributed by atoms with Gasteiger partial charge in [-0.05, 0) is 37.3 Å². The van der Waals surface area contributed by atoms with Gasteiger partial charge in [-0.15, -0.1) is 0 Å². The third-order valence-electron chi connectivity index (χ3n) is 5.63. The van der Waals surface area contributed by atoms with Gasteiger partial charge in [0.15, 0.2) is 0 Å². The van der Waals surface area contributed by atoms with Crippen LogP contribution in [0.3, 0.4) is 0 Å². The average Bonchev–Trinajstić information content (AvgIpc) is 3.18. The van der Waals surface area contributed by atoms with Gasteiger partial charge < -0.3 is 15.0 Å². The molecule has 2 aromatic rings. The SMILES string of the molecule is Cc1ccc(N2CC(C(=O)Nc3ccc(Cl)c(S(=O)(=O)N4CCOCC4)c3)CC2=O)cc1. The number of benzene rings is 2. The van der Waals surface area contributed by atoms with Gasteiger partial charge >= 0.3 is 0 Å². The van der Waals surface area contributed by atoms with Crippen LogP contribution in [0.25, 0.3) is 0 Å². The highest BCUT2D eigenvalue weighted by atomic mass is 35.5. The fourth-order valence-electron chi connectivity index (χ4n) is 3.81. The lowest BCUT2D eigenvalue weighted by Crippen LogP contribution is -2.40. The number of anilines is 2. The summed E-state index contributed by atoms with van der Waals surface area (Å²) < 4.78 is 32.5. The molecule has 1 unspecified atom stereocenters. The first kappa shape index (κ1) is 22.7. The number of ether oxygens (including phenoxy) is 1. The summed E-state index contributed by atoms with van der Waals surface area (Å²) in [4.78, 5) is 26.8. The van der Waals surface area contributed by atoms with Gasteiger partial charge in [-0.3, -0.25) is 9.59 Å². The molecule has 8 nitrogen and oxygen atoms in total. The van der Waals surface area contributed by atoms with Gasteiger partial charge in [-0.2, -0.15) is 4.31 Å². The van der Waals surface area contributed by atoms with Gasteiger partial charge in [-0.25, -0.2) is 8.42 Å². The summed E-state index contributed by atoms with van der Waals surface area (Å²) in [6, 6.07) is 11.9. The van der Waals surface area contributed by atoms with Crippen molar-refractivity contribution >= 4 is 44.8 Å². The lowest BCUT2D eigenvalue weighted by Gasteiger charge is -2.26. The summed E-state index contributed by atoms with van der Waals surface area (Å²) in [7, 11) is -3.82. The van der Waals surface area contributed by atoms with Gasteiger partial charge in [0, 0.05) is 37.4 Å². The third-order valence-corrected chi connectivity index (χ3v) is 8.01. The van der Waals surface area contributed by atoms with Crippen LogP contribution in [0.15, 0.2) is 47.4 Å². The molecule has 32 heavy (non-hydrogen) atoms. The summed E-state index contributed by atoms with van der Waals surface area (Å²) in [5.41, 5.74) is 2.15. The quantitative estimate of drug-likeness (QED) is 0.714. The summed E-state index contributed by atoms with van der Waals surface area (Å²) in [5.74, 6) is -1.01. The minimum atomic E-state index is -3.82. The molecule has 0 aliphatic carbocycles. The standard InChI is InChI=1S/C22H24ClN3O5S/c1-15-2-5-18(6-3-15)26-14-16(12-21(26)27)22(28)24-17-4-7-19(23)20(13-17)32(29,30)25-8-10-31-11-9-25/h2-7,13,16H,8-12,14H2,1H3,(H,24,28). The maximum absolute atomic E-state index is 13.0. The Labute approximate surface area is 192 Å². The highest BCUT2D eigenvalue weighted by molar-refractivity contribution is 7.89. The van der Waals surface area contributed by atoms with Crippen LogP contribution in [0.2, 0.25) is 5.02 Å². The molecular weight excluding hydrogens is 454 g/mol. The molecule has 2 fully saturated rings. The molecule has 1 atom stereocenters. The van der Waals surface area contributed by atoms with Gasteiger partial charge in [0.2, 0.25) is 21.8 Å². The summed E-state index contributed by atoms with van der Waals surface area (Å²) in [5, 5.41) is 2.82. The maximum atomic E-state index is 13.0. The van der Waals surface area contributed by atoms with Gasteiger partial charge in [-0.1, -0.05) is 29.3 Å². The number of nitrogens with zero attached hydrogens (tertiary/aromatic N) is 2. The number of aryl methyl sites for hydroxylation is 1. The zero-order valence-corrected chi connectivity index (χ0v) is 19.2.